The molecule has 0 atom stereocenters. The van der Waals surface area contributed by atoms with Crippen LogP contribution >= 0.6 is 23.4 Å². The Morgan fingerprint density at radius 2 is 1.81 bits per heavy atom. The van der Waals surface area contributed by atoms with Crippen LogP contribution in [0, 0.1) is 0 Å². The summed E-state index contributed by atoms with van der Waals surface area (Å²) in [5.41, 5.74) is 1.07. The van der Waals surface area contributed by atoms with Gasteiger partial charge < -0.3 is 15.0 Å². The van der Waals surface area contributed by atoms with Crippen molar-refractivity contribution in [1.82, 2.24) is 4.90 Å². The van der Waals surface area contributed by atoms with Gasteiger partial charge in [-0.05, 0) is 48.5 Å². The van der Waals surface area contributed by atoms with Crippen LogP contribution in [-0.4, -0.2) is 40.9 Å². The zero-order valence-corrected chi connectivity index (χ0v) is 15.9. The summed E-state index contributed by atoms with van der Waals surface area (Å²) in [6.45, 7) is 1.03. The number of hydrogen-bond donors (Lipinski definition) is 1. The van der Waals surface area contributed by atoms with E-state index in [1.54, 1.807) is 53.4 Å². The molecule has 1 N–H and O–H groups in total. The molecule has 2 amide bonds. The Kier molecular flexibility index (Phi) is 6.36. The van der Waals surface area contributed by atoms with Gasteiger partial charge in [-0.1, -0.05) is 23.4 Å². The number of hydrogen-bond acceptors (Lipinski definition) is 5. The highest BCUT2D eigenvalue weighted by Gasteiger charge is 2.21. The Morgan fingerprint density at radius 1 is 1.11 bits per heavy atom. The standard InChI is InChI=1S/C19H17ClN2O4S/c20-14-3-1-13(2-4-14)18(24)21-15-5-7-16(8-6-15)26-17(23)9-10-22-11-12-27-19(22)25/h1-8H,9-12H2,(H,21,24). The van der Waals surface area contributed by atoms with Crippen molar-refractivity contribution in [1.29, 1.82) is 0 Å². The predicted molar refractivity (Wildman–Crippen MR) is 106 cm³/mol. The fourth-order valence-electron chi connectivity index (χ4n) is 2.45. The molecular weight excluding hydrogens is 388 g/mol. The van der Waals surface area contributed by atoms with Crippen molar-refractivity contribution >= 4 is 46.2 Å². The third kappa shape index (κ3) is 5.48. The van der Waals surface area contributed by atoms with Gasteiger partial charge in [-0.25, -0.2) is 0 Å². The molecule has 0 spiro atoms. The number of nitrogens with one attached hydrogen (secondary N) is 1. The highest BCUT2D eigenvalue weighted by atomic mass is 35.5. The summed E-state index contributed by atoms with van der Waals surface area (Å²) in [5, 5.41) is 3.32. The van der Waals surface area contributed by atoms with Crippen molar-refractivity contribution in [3.05, 3.63) is 59.1 Å². The summed E-state index contributed by atoms with van der Waals surface area (Å²) >= 11 is 7.07. The molecule has 140 valence electrons. The molecule has 0 saturated carbocycles. The van der Waals surface area contributed by atoms with E-state index in [1.807, 2.05) is 0 Å². The Bertz CT molecular complexity index is 840. The van der Waals surface area contributed by atoms with Crippen LogP contribution in [0.15, 0.2) is 48.5 Å². The minimum atomic E-state index is -0.405. The van der Waals surface area contributed by atoms with Gasteiger partial charge in [0.25, 0.3) is 11.1 Å². The first kappa shape index (κ1) is 19.3. The van der Waals surface area contributed by atoms with Gasteiger partial charge >= 0.3 is 5.97 Å². The van der Waals surface area contributed by atoms with Crippen molar-refractivity contribution < 1.29 is 19.1 Å². The van der Waals surface area contributed by atoms with Gasteiger partial charge in [0.15, 0.2) is 0 Å². The number of amides is 2. The number of thioether (sulfide) groups is 1. The molecule has 1 fully saturated rings. The number of rotatable bonds is 6. The lowest BCUT2D eigenvalue weighted by molar-refractivity contribution is -0.134. The van der Waals surface area contributed by atoms with Crippen LogP contribution in [0.1, 0.15) is 16.8 Å². The van der Waals surface area contributed by atoms with E-state index >= 15 is 0 Å². The van der Waals surface area contributed by atoms with Crippen molar-refractivity contribution in [3.63, 3.8) is 0 Å². The summed E-state index contributed by atoms with van der Waals surface area (Å²) in [6.07, 6.45) is 0.140. The van der Waals surface area contributed by atoms with Crippen molar-refractivity contribution in [2.24, 2.45) is 0 Å². The molecule has 0 aliphatic carbocycles. The Labute approximate surface area is 165 Å². The molecule has 1 aliphatic rings. The Morgan fingerprint density at radius 3 is 2.44 bits per heavy atom. The van der Waals surface area contributed by atoms with Gasteiger partial charge in [0, 0.05) is 35.1 Å². The number of carbonyl (C=O) groups excluding carboxylic acids is 3. The topological polar surface area (TPSA) is 75.7 Å². The fourth-order valence-corrected chi connectivity index (χ4v) is 3.43. The molecule has 0 radical (unpaired) electrons. The zero-order chi connectivity index (χ0) is 19.2. The summed E-state index contributed by atoms with van der Waals surface area (Å²) in [4.78, 5) is 37.2. The average molecular weight is 405 g/mol. The van der Waals surface area contributed by atoms with Crippen LogP contribution in [0.2, 0.25) is 5.02 Å². The second-order valence-electron chi connectivity index (χ2n) is 5.81. The average Bonchev–Trinajstić information content (AvgIpc) is 3.07. The van der Waals surface area contributed by atoms with Crippen LogP contribution in [0.3, 0.4) is 0 Å². The second kappa shape index (κ2) is 8.92. The first-order valence-corrected chi connectivity index (χ1v) is 9.67. The number of anilines is 1. The fraction of sp³-hybridized carbons (Fsp3) is 0.211. The molecule has 1 heterocycles. The van der Waals surface area contributed by atoms with E-state index in [-0.39, 0.29) is 17.6 Å². The van der Waals surface area contributed by atoms with Crippen molar-refractivity contribution in [3.8, 4) is 5.75 Å². The van der Waals surface area contributed by atoms with Gasteiger partial charge in [-0.2, -0.15) is 0 Å². The van der Waals surface area contributed by atoms with Crippen LogP contribution in [0.25, 0.3) is 0 Å². The van der Waals surface area contributed by atoms with Crippen LogP contribution in [0.5, 0.6) is 5.75 Å². The van der Waals surface area contributed by atoms with Gasteiger partial charge in [0.2, 0.25) is 0 Å². The molecule has 27 heavy (non-hydrogen) atoms. The highest BCUT2D eigenvalue weighted by molar-refractivity contribution is 8.13. The largest absolute Gasteiger partial charge is 0.426 e. The number of nitrogens with zero attached hydrogens (tertiary/aromatic N) is 1. The summed E-state index contributed by atoms with van der Waals surface area (Å²) in [5.74, 6) is 0.478. The van der Waals surface area contributed by atoms with E-state index < -0.39 is 5.97 Å². The molecule has 0 unspecified atom stereocenters. The second-order valence-corrected chi connectivity index (χ2v) is 7.29. The molecule has 6 nitrogen and oxygen atoms in total. The smallest absolute Gasteiger partial charge is 0.312 e. The molecule has 2 aromatic carbocycles. The summed E-state index contributed by atoms with van der Waals surface area (Å²) in [7, 11) is 0. The molecular formula is C19H17ClN2O4S. The number of benzene rings is 2. The van der Waals surface area contributed by atoms with E-state index in [9.17, 15) is 14.4 Å². The lowest BCUT2D eigenvalue weighted by Gasteiger charge is -2.13. The molecule has 1 saturated heterocycles. The maximum absolute atomic E-state index is 12.2. The van der Waals surface area contributed by atoms with Gasteiger partial charge in [0.05, 0.1) is 6.42 Å². The van der Waals surface area contributed by atoms with Crippen LogP contribution in [-0.2, 0) is 4.79 Å². The SMILES string of the molecule is O=C(CCN1CCSC1=O)Oc1ccc(NC(=O)c2ccc(Cl)cc2)cc1. The molecule has 8 heteroatoms. The van der Waals surface area contributed by atoms with E-state index in [4.69, 9.17) is 16.3 Å². The quantitative estimate of drug-likeness (QED) is 0.580. The number of esters is 1. The first-order valence-electron chi connectivity index (χ1n) is 8.30. The third-order valence-corrected chi connectivity index (χ3v) is 5.02. The number of ether oxygens (including phenoxy) is 1. The maximum atomic E-state index is 12.2. The van der Waals surface area contributed by atoms with E-state index in [0.29, 0.717) is 35.1 Å². The first-order chi connectivity index (χ1) is 13.0. The van der Waals surface area contributed by atoms with Gasteiger partial charge in [-0.15, -0.1) is 0 Å². The summed E-state index contributed by atoms with van der Waals surface area (Å²) in [6, 6.07) is 13.1. The van der Waals surface area contributed by atoms with Crippen LogP contribution in [0.4, 0.5) is 10.5 Å². The molecule has 0 bridgehead atoms. The monoisotopic (exact) mass is 404 g/mol. The zero-order valence-electron chi connectivity index (χ0n) is 14.3. The molecule has 0 aromatic heterocycles. The minimum Gasteiger partial charge on any atom is -0.426 e. The number of halogens is 1. The van der Waals surface area contributed by atoms with Gasteiger partial charge in [-0.3, -0.25) is 14.4 Å². The predicted octanol–water partition coefficient (Wildman–Crippen LogP) is 4.06. The van der Waals surface area contributed by atoms with E-state index in [2.05, 4.69) is 5.32 Å². The molecule has 3 rings (SSSR count). The Balaban J connectivity index is 1.49. The molecule has 2 aromatic rings. The Hall–Kier alpha value is -2.51. The van der Waals surface area contributed by atoms with Gasteiger partial charge in [0.1, 0.15) is 5.75 Å². The normalized spacial score (nSPS) is 13.5. The summed E-state index contributed by atoms with van der Waals surface area (Å²) < 4.78 is 5.26. The highest BCUT2D eigenvalue weighted by Crippen LogP contribution is 2.19. The van der Waals surface area contributed by atoms with E-state index in [0.717, 1.165) is 5.75 Å². The maximum Gasteiger partial charge on any atom is 0.312 e. The van der Waals surface area contributed by atoms with Crippen molar-refractivity contribution in [2.75, 3.05) is 24.2 Å². The molecule has 1 aliphatic heterocycles. The lowest BCUT2D eigenvalue weighted by Crippen LogP contribution is -2.27. The van der Waals surface area contributed by atoms with E-state index in [1.165, 1.54) is 11.8 Å². The van der Waals surface area contributed by atoms with Crippen molar-refractivity contribution in [2.45, 2.75) is 6.42 Å². The number of carbonyl (C=O) groups is 3. The third-order valence-electron chi connectivity index (χ3n) is 3.88. The van der Waals surface area contributed by atoms with Crippen LogP contribution < -0.4 is 10.1 Å². The minimum absolute atomic E-state index is 0.00332. The lowest BCUT2D eigenvalue weighted by atomic mass is 10.2.